The van der Waals surface area contributed by atoms with E-state index in [2.05, 4.69) is 39.7 Å². The van der Waals surface area contributed by atoms with Crippen molar-refractivity contribution in [2.75, 3.05) is 19.0 Å². The van der Waals surface area contributed by atoms with E-state index in [0.717, 1.165) is 11.5 Å². The van der Waals surface area contributed by atoms with Crippen LogP contribution in [0.4, 0.5) is 5.82 Å². The SMILES string of the molecule is CC(C)c1cc(N(C)C)nc(Br)n1. The van der Waals surface area contributed by atoms with Gasteiger partial charge < -0.3 is 4.90 Å². The van der Waals surface area contributed by atoms with Crippen molar-refractivity contribution in [1.82, 2.24) is 9.97 Å². The highest BCUT2D eigenvalue weighted by atomic mass is 79.9. The second-order valence-electron chi connectivity index (χ2n) is 3.47. The van der Waals surface area contributed by atoms with Gasteiger partial charge in [-0.1, -0.05) is 13.8 Å². The molecule has 3 nitrogen and oxygen atoms in total. The largest absolute Gasteiger partial charge is 0.363 e. The van der Waals surface area contributed by atoms with Gasteiger partial charge in [0.1, 0.15) is 5.82 Å². The highest BCUT2D eigenvalue weighted by Crippen LogP contribution is 2.19. The van der Waals surface area contributed by atoms with Crippen LogP contribution >= 0.6 is 15.9 Å². The van der Waals surface area contributed by atoms with Crippen LogP contribution in [-0.4, -0.2) is 24.1 Å². The molecule has 0 saturated heterocycles. The molecule has 1 rings (SSSR count). The molecule has 0 saturated carbocycles. The third-order valence-corrected chi connectivity index (χ3v) is 2.11. The fourth-order valence-corrected chi connectivity index (χ4v) is 1.33. The number of nitrogens with zero attached hydrogens (tertiary/aromatic N) is 3. The lowest BCUT2D eigenvalue weighted by Crippen LogP contribution is -2.12. The number of rotatable bonds is 2. The van der Waals surface area contributed by atoms with E-state index in [1.165, 1.54) is 0 Å². The summed E-state index contributed by atoms with van der Waals surface area (Å²) in [7, 11) is 3.94. The quantitative estimate of drug-likeness (QED) is 0.748. The molecule has 0 aromatic carbocycles. The Morgan fingerprint density at radius 1 is 1.31 bits per heavy atom. The maximum absolute atomic E-state index is 4.29. The minimum Gasteiger partial charge on any atom is -0.363 e. The van der Waals surface area contributed by atoms with E-state index in [0.29, 0.717) is 10.7 Å². The van der Waals surface area contributed by atoms with E-state index in [1.54, 1.807) is 0 Å². The Bertz CT molecular complexity index is 271. The van der Waals surface area contributed by atoms with Crippen molar-refractivity contribution in [1.29, 1.82) is 0 Å². The summed E-state index contributed by atoms with van der Waals surface area (Å²) in [5, 5.41) is 0. The maximum Gasteiger partial charge on any atom is 0.198 e. The minimum atomic E-state index is 0.429. The smallest absolute Gasteiger partial charge is 0.198 e. The summed E-state index contributed by atoms with van der Waals surface area (Å²) in [4.78, 5) is 10.5. The zero-order valence-corrected chi connectivity index (χ0v) is 9.96. The summed E-state index contributed by atoms with van der Waals surface area (Å²) in [6.45, 7) is 4.24. The molecule has 0 spiro atoms. The first-order valence-electron chi connectivity index (χ1n) is 4.22. The van der Waals surface area contributed by atoms with Gasteiger partial charge in [0.15, 0.2) is 4.73 Å². The summed E-state index contributed by atoms with van der Waals surface area (Å²) in [5.41, 5.74) is 1.06. The molecule has 0 aliphatic rings. The Hall–Kier alpha value is -0.640. The van der Waals surface area contributed by atoms with Crippen LogP contribution in [0.25, 0.3) is 0 Å². The van der Waals surface area contributed by atoms with Crippen molar-refractivity contribution in [3.8, 4) is 0 Å². The third kappa shape index (κ3) is 2.66. The molecule has 0 amide bonds. The average Bonchev–Trinajstić information content (AvgIpc) is 2.03. The van der Waals surface area contributed by atoms with Crippen LogP contribution in [-0.2, 0) is 0 Å². The van der Waals surface area contributed by atoms with Gasteiger partial charge >= 0.3 is 0 Å². The first-order valence-corrected chi connectivity index (χ1v) is 5.02. The molecule has 4 heteroatoms. The number of anilines is 1. The van der Waals surface area contributed by atoms with Gasteiger partial charge in [-0.2, -0.15) is 0 Å². The molecule has 1 heterocycles. The molecule has 13 heavy (non-hydrogen) atoms. The predicted octanol–water partition coefficient (Wildman–Crippen LogP) is 2.43. The van der Waals surface area contributed by atoms with Crippen molar-refractivity contribution in [3.63, 3.8) is 0 Å². The van der Waals surface area contributed by atoms with Gasteiger partial charge in [0.25, 0.3) is 0 Å². The Kier molecular flexibility index (Phi) is 3.25. The van der Waals surface area contributed by atoms with E-state index < -0.39 is 0 Å². The normalized spacial score (nSPS) is 10.6. The molecule has 0 aliphatic carbocycles. The number of aromatic nitrogens is 2. The monoisotopic (exact) mass is 243 g/mol. The van der Waals surface area contributed by atoms with E-state index in [9.17, 15) is 0 Å². The van der Waals surface area contributed by atoms with Crippen LogP contribution < -0.4 is 4.90 Å². The van der Waals surface area contributed by atoms with Gasteiger partial charge in [0.2, 0.25) is 0 Å². The van der Waals surface area contributed by atoms with Gasteiger partial charge in [-0.3, -0.25) is 0 Å². The van der Waals surface area contributed by atoms with Gasteiger partial charge in [-0.15, -0.1) is 0 Å². The Morgan fingerprint density at radius 2 is 1.92 bits per heavy atom. The highest BCUT2D eigenvalue weighted by Gasteiger charge is 2.06. The van der Waals surface area contributed by atoms with Crippen molar-refractivity contribution < 1.29 is 0 Å². The summed E-state index contributed by atoms with van der Waals surface area (Å²) in [5.74, 6) is 1.36. The van der Waals surface area contributed by atoms with Gasteiger partial charge in [-0.05, 0) is 21.8 Å². The second kappa shape index (κ2) is 4.05. The molecule has 0 aliphatic heterocycles. The average molecular weight is 244 g/mol. The molecule has 0 unspecified atom stereocenters. The Balaban J connectivity index is 3.11. The zero-order valence-electron chi connectivity index (χ0n) is 8.37. The molecule has 72 valence electrons. The van der Waals surface area contributed by atoms with Crippen LogP contribution in [0.15, 0.2) is 10.8 Å². The van der Waals surface area contributed by atoms with Crippen LogP contribution in [0.2, 0.25) is 0 Å². The molecular weight excluding hydrogens is 230 g/mol. The van der Waals surface area contributed by atoms with Crippen LogP contribution in [0.3, 0.4) is 0 Å². The first kappa shape index (κ1) is 10.4. The van der Waals surface area contributed by atoms with Crippen molar-refractivity contribution >= 4 is 21.7 Å². The van der Waals surface area contributed by atoms with Crippen molar-refractivity contribution in [3.05, 3.63) is 16.5 Å². The predicted molar refractivity (Wildman–Crippen MR) is 58.1 cm³/mol. The van der Waals surface area contributed by atoms with Crippen LogP contribution in [0, 0.1) is 0 Å². The minimum absolute atomic E-state index is 0.429. The highest BCUT2D eigenvalue weighted by molar-refractivity contribution is 9.10. The van der Waals surface area contributed by atoms with Gasteiger partial charge in [0, 0.05) is 25.9 Å². The fraction of sp³-hybridized carbons (Fsp3) is 0.556. The topological polar surface area (TPSA) is 29.0 Å². The molecular formula is C9H14BrN3. The van der Waals surface area contributed by atoms with Gasteiger partial charge in [0.05, 0.1) is 0 Å². The number of halogens is 1. The summed E-state index contributed by atoms with van der Waals surface area (Å²) < 4.78 is 0.655. The lowest BCUT2D eigenvalue weighted by atomic mass is 10.1. The van der Waals surface area contributed by atoms with E-state index >= 15 is 0 Å². The molecule has 0 atom stereocenters. The summed E-state index contributed by atoms with van der Waals surface area (Å²) in [6, 6.07) is 2.01. The third-order valence-electron chi connectivity index (χ3n) is 1.75. The van der Waals surface area contributed by atoms with Gasteiger partial charge in [-0.25, -0.2) is 9.97 Å². The van der Waals surface area contributed by atoms with Crippen molar-refractivity contribution in [2.45, 2.75) is 19.8 Å². The molecule has 0 fully saturated rings. The molecule has 0 N–H and O–H groups in total. The number of hydrogen-bond donors (Lipinski definition) is 0. The standard InChI is InChI=1S/C9H14BrN3/c1-6(2)7-5-8(13(3)4)12-9(10)11-7/h5-6H,1-4H3. The molecule has 1 aromatic rings. The molecule has 0 radical (unpaired) electrons. The summed E-state index contributed by atoms with van der Waals surface area (Å²) >= 11 is 3.30. The summed E-state index contributed by atoms with van der Waals surface area (Å²) in [6.07, 6.45) is 0. The van der Waals surface area contributed by atoms with E-state index in [-0.39, 0.29) is 0 Å². The maximum atomic E-state index is 4.29. The van der Waals surface area contributed by atoms with Crippen LogP contribution in [0.5, 0.6) is 0 Å². The van der Waals surface area contributed by atoms with Crippen LogP contribution in [0.1, 0.15) is 25.5 Å². The van der Waals surface area contributed by atoms with Crippen molar-refractivity contribution in [2.24, 2.45) is 0 Å². The second-order valence-corrected chi connectivity index (χ2v) is 4.18. The lowest BCUT2D eigenvalue weighted by Gasteiger charge is -2.13. The first-order chi connectivity index (χ1) is 6.00. The fourth-order valence-electron chi connectivity index (χ4n) is 0.948. The Labute approximate surface area is 87.3 Å². The number of hydrogen-bond acceptors (Lipinski definition) is 3. The van der Waals surface area contributed by atoms with E-state index in [1.807, 2.05) is 25.1 Å². The Morgan fingerprint density at radius 3 is 2.38 bits per heavy atom. The lowest BCUT2D eigenvalue weighted by molar-refractivity contribution is 0.803. The molecule has 1 aromatic heterocycles. The zero-order chi connectivity index (χ0) is 10.0. The van der Waals surface area contributed by atoms with E-state index in [4.69, 9.17) is 0 Å². The molecule has 0 bridgehead atoms.